The number of fused-ring (bicyclic) bond motifs is 1. The molecule has 6 nitrogen and oxygen atoms in total. The van der Waals surface area contributed by atoms with Crippen LogP contribution in [-0.2, 0) is 22.4 Å². The van der Waals surface area contributed by atoms with E-state index < -0.39 is 0 Å². The van der Waals surface area contributed by atoms with E-state index in [0.717, 1.165) is 31.2 Å². The lowest BCUT2D eigenvalue weighted by Gasteiger charge is -2.34. The molecule has 2 heterocycles. The monoisotopic (exact) mass is 374 g/mol. The van der Waals surface area contributed by atoms with Crippen LogP contribution < -0.4 is 11.1 Å². The molecule has 0 radical (unpaired) electrons. The van der Waals surface area contributed by atoms with Crippen LogP contribution in [0.15, 0.2) is 0 Å². The second kappa shape index (κ2) is 8.19. The smallest absolute Gasteiger partial charge is 0.242 e. The Hall–Kier alpha value is -1.91. The Kier molecular flexibility index (Phi) is 5.94. The number of carbonyl (C=O) groups excluding carboxylic acids is 2. The number of anilines is 1. The van der Waals surface area contributed by atoms with E-state index in [1.165, 1.54) is 11.3 Å². The second-order valence-corrected chi connectivity index (χ2v) is 8.36. The third kappa shape index (κ3) is 3.92. The summed E-state index contributed by atoms with van der Waals surface area (Å²) in [5.41, 5.74) is 7.17. The number of thiophene rings is 1. The molecule has 26 heavy (non-hydrogen) atoms. The van der Waals surface area contributed by atoms with E-state index in [2.05, 4.69) is 16.3 Å². The lowest BCUT2D eigenvalue weighted by atomic mass is 9.95. The minimum Gasteiger partial charge on any atom is -0.369 e. The average Bonchev–Trinajstić information content (AvgIpc) is 2.80. The summed E-state index contributed by atoms with van der Waals surface area (Å²) in [6.07, 6.45) is 6.79. The van der Waals surface area contributed by atoms with Crippen LogP contribution in [-0.4, -0.2) is 35.8 Å². The largest absolute Gasteiger partial charge is 0.369 e. The third-order valence-corrected chi connectivity index (χ3v) is 6.84. The molecule has 1 aromatic rings. The van der Waals surface area contributed by atoms with Gasteiger partial charge in [0.05, 0.1) is 11.6 Å². The topological polar surface area (TPSA) is 99.2 Å². The maximum atomic E-state index is 12.7. The predicted octanol–water partition coefficient (Wildman–Crippen LogP) is 2.41. The normalized spacial score (nSPS) is 19.8. The van der Waals surface area contributed by atoms with Gasteiger partial charge < -0.3 is 11.1 Å². The summed E-state index contributed by atoms with van der Waals surface area (Å²) in [4.78, 5) is 27.4. The molecule has 0 spiro atoms. The summed E-state index contributed by atoms with van der Waals surface area (Å²) in [6, 6.07) is 2.01. The highest BCUT2D eigenvalue weighted by Crippen LogP contribution is 2.37. The molecule has 3 N–H and O–H groups in total. The van der Waals surface area contributed by atoms with Gasteiger partial charge in [0.2, 0.25) is 11.8 Å². The van der Waals surface area contributed by atoms with Crippen molar-refractivity contribution >= 4 is 28.2 Å². The maximum absolute atomic E-state index is 12.7. The molecule has 2 aliphatic rings. The highest BCUT2D eigenvalue weighted by Gasteiger charge is 2.30. The van der Waals surface area contributed by atoms with E-state index in [4.69, 9.17) is 5.73 Å². The summed E-state index contributed by atoms with van der Waals surface area (Å²) < 4.78 is 0. The summed E-state index contributed by atoms with van der Waals surface area (Å²) >= 11 is 1.56. The highest BCUT2D eigenvalue weighted by molar-refractivity contribution is 7.16. The van der Waals surface area contributed by atoms with Crippen LogP contribution in [0.5, 0.6) is 0 Å². The summed E-state index contributed by atoms with van der Waals surface area (Å²) in [5, 5.41) is 13.3. The minimum absolute atomic E-state index is 0.0836. The van der Waals surface area contributed by atoms with Gasteiger partial charge in [-0.15, -0.1) is 11.3 Å². The number of amides is 2. The molecule has 3 rings (SSSR count). The third-order valence-electron chi connectivity index (χ3n) is 5.63. The molecule has 1 atom stereocenters. The number of nitrogens with two attached hydrogens (primary N) is 1. The zero-order valence-electron chi connectivity index (χ0n) is 15.2. The van der Waals surface area contributed by atoms with Crippen LogP contribution in [0.25, 0.3) is 0 Å². The number of nitrogens with zero attached hydrogens (tertiary/aromatic N) is 2. The van der Waals surface area contributed by atoms with E-state index >= 15 is 0 Å². The Labute approximate surface area is 158 Å². The number of aryl methyl sites for hydroxylation is 1. The molecule has 0 bridgehead atoms. The van der Waals surface area contributed by atoms with Crippen molar-refractivity contribution in [3.05, 3.63) is 16.0 Å². The molecule has 1 aliphatic heterocycles. The highest BCUT2D eigenvalue weighted by atomic mass is 32.1. The Bertz CT molecular complexity index is 729. The standard InChI is InChI=1S/C19H26N4O2S/c1-12(23-9-7-13(8-10-23)17(21)24)18(25)22-19-15(11-20)14-5-3-2-4-6-16(14)26-19/h12-13H,2-10H2,1H3,(H2,21,24)(H,22,25)/t12-/m1/s1. The molecule has 0 unspecified atom stereocenters. The molecule has 0 saturated carbocycles. The Morgan fingerprint density at radius 3 is 2.62 bits per heavy atom. The fraction of sp³-hybridized carbons (Fsp3) is 0.632. The van der Waals surface area contributed by atoms with Gasteiger partial charge in [-0.05, 0) is 64.1 Å². The van der Waals surface area contributed by atoms with E-state index in [-0.39, 0.29) is 23.8 Å². The Balaban J connectivity index is 1.67. The lowest BCUT2D eigenvalue weighted by molar-refractivity contribution is -0.124. The molecule has 1 aromatic heterocycles. The zero-order chi connectivity index (χ0) is 18.7. The SMILES string of the molecule is C[C@H](C(=O)Nc1sc2c(c1C#N)CCCCC2)N1CCC(C(N)=O)CC1. The van der Waals surface area contributed by atoms with Gasteiger partial charge in [-0.25, -0.2) is 0 Å². The van der Waals surface area contributed by atoms with Crippen molar-refractivity contribution in [1.82, 2.24) is 4.90 Å². The van der Waals surface area contributed by atoms with Crippen molar-refractivity contribution in [1.29, 1.82) is 5.26 Å². The molecule has 7 heteroatoms. The van der Waals surface area contributed by atoms with Crippen LogP contribution in [0.2, 0.25) is 0 Å². The number of nitriles is 1. The van der Waals surface area contributed by atoms with Gasteiger partial charge in [-0.1, -0.05) is 6.42 Å². The van der Waals surface area contributed by atoms with E-state index in [1.54, 1.807) is 11.3 Å². The van der Waals surface area contributed by atoms with Crippen molar-refractivity contribution in [3.63, 3.8) is 0 Å². The van der Waals surface area contributed by atoms with Gasteiger partial charge in [-0.3, -0.25) is 14.5 Å². The molecule has 1 aliphatic carbocycles. The quantitative estimate of drug-likeness (QED) is 0.791. The minimum atomic E-state index is -0.294. The van der Waals surface area contributed by atoms with Gasteiger partial charge >= 0.3 is 0 Å². The first kappa shape index (κ1) is 18.9. The number of piperidine rings is 1. The summed E-state index contributed by atoms with van der Waals surface area (Å²) in [7, 11) is 0. The van der Waals surface area contributed by atoms with Crippen molar-refractivity contribution in [2.24, 2.45) is 11.7 Å². The van der Waals surface area contributed by atoms with Gasteiger partial charge in [-0.2, -0.15) is 5.26 Å². The van der Waals surface area contributed by atoms with Crippen molar-refractivity contribution in [2.45, 2.75) is 57.9 Å². The molecule has 2 amide bonds. The number of carbonyl (C=O) groups is 2. The first-order valence-corrected chi connectivity index (χ1v) is 10.2. The molecule has 0 aromatic carbocycles. The first-order valence-electron chi connectivity index (χ1n) is 9.40. The van der Waals surface area contributed by atoms with Crippen LogP contribution in [0.1, 0.15) is 55.0 Å². The fourth-order valence-corrected chi connectivity index (χ4v) is 5.15. The Morgan fingerprint density at radius 1 is 1.27 bits per heavy atom. The predicted molar refractivity (Wildman–Crippen MR) is 102 cm³/mol. The van der Waals surface area contributed by atoms with Gasteiger partial charge in [0.1, 0.15) is 11.1 Å². The van der Waals surface area contributed by atoms with Crippen molar-refractivity contribution in [2.75, 3.05) is 18.4 Å². The van der Waals surface area contributed by atoms with Crippen molar-refractivity contribution in [3.8, 4) is 6.07 Å². The van der Waals surface area contributed by atoms with Crippen molar-refractivity contribution < 1.29 is 9.59 Å². The van der Waals surface area contributed by atoms with E-state index in [0.29, 0.717) is 36.5 Å². The zero-order valence-corrected chi connectivity index (χ0v) is 16.0. The number of nitrogens with one attached hydrogen (secondary N) is 1. The average molecular weight is 375 g/mol. The maximum Gasteiger partial charge on any atom is 0.242 e. The summed E-state index contributed by atoms with van der Waals surface area (Å²) in [6.45, 7) is 3.26. The number of hydrogen-bond acceptors (Lipinski definition) is 5. The van der Waals surface area contributed by atoms with Crippen LogP contribution in [0, 0.1) is 17.2 Å². The van der Waals surface area contributed by atoms with Gasteiger partial charge in [0.15, 0.2) is 0 Å². The number of rotatable bonds is 4. The molecule has 1 saturated heterocycles. The molecule has 1 fully saturated rings. The van der Waals surface area contributed by atoms with E-state index in [1.807, 2.05) is 6.92 Å². The van der Waals surface area contributed by atoms with Crippen LogP contribution >= 0.6 is 11.3 Å². The lowest BCUT2D eigenvalue weighted by Crippen LogP contribution is -2.47. The van der Waals surface area contributed by atoms with Gasteiger partial charge in [0, 0.05) is 10.8 Å². The fourth-order valence-electron chi connectivity index (χ4n) is 3.90. The molecular formula is C19H26N4O2S. The number of likely N-dealkylation sites (tertiary alicyclic amines) is 1. The first-order chi connectivity index (χ1) is 12.5. The number of hydrogen-bond donors (Lipinski definition) is 2. The van der Waals surface area contributed by atoms with E-state index in [9.17, 15) is 14.9 Å². The van der Waals surface area contributed by atoms with Crippen LogP contribution in [0.3, 0.4) is 0 Å². The Morgan fingerprint density at radius 2 is 1.96 bits per heavy atom. The van der Waals surface area contributed by atoms with Gasteiger partial charge in [0.25, 0.3) is 0 Å². The second-order valence-electron chi connectivity index (χ2n) is 7.26. The van der Waals surface area contributed by atoms with Crippen LogP contribution in [0.4, 0.5) is 5.00 Å². The molecule has 140 valence electrons. The summed E-state index contributed by atoms with van der Waals surface area (Å²) in [5.74, 6) is -0.421. The molecular weight excluding hydrogens is 348 g/mol. The number of primary amides is 1.